The molecule has 4 heteroatoms. The van der Waals surface area contributed by atoms with Gasteiger partial charge < -0.3 is 9.47 Å². The molecule has 0 spiro atoms. The zero-order valence-electron chi connectivity index (χ0n) is 21.2. The molecule has 0 amide bonds. The molecule has 0 heterocycles. The Labute approximate surface area is 193 Å². The summed E-state index contributed by atoms with van der Waals surface area (Å²) >= 11 is 0. The molecule has 0 rings (SSSR count). The molecule has 1 unspecified atom stereocenters. The van der Waals surface area contributed by atoms with Gasteiger partial charge in [0.1, 0.15) is 12.2 Å². The molecule has 31 heavy (non-hydrogen) atoms. The van der Waals surface area contributed by atoms with Crippen LogP contribution in [0.4, 0.5) is 0 Å². The highest BCUT2D eigenvalue weighted by Crippen LogP contribution is 2.16. The van der Waals surface area contributed by atoms with Crippen LogP contribution < -0.4 is 0 Å². The molecule has 0 aromatic heterocycles. The minimum atomic E-state index is -0.0296. The Kier molecular flexibility index (Phi) is 21.4. The van der Waals surface area contributed by atoms with Crippen LogP contribution in [0.5, 0.6) is 0 Å². The molecule has 184 valence electrons. The Bertz CT molecular complexity index is 413. The number of rotatable bonds is 22. The molecule has 0 bridgehead atoms. The van der Waals surface area contributed by atoms with Gasteiger partial charge in [0.15, 0.2) is 0 Å². The molecule has 0 aliphatic heterocycles. The lowest BCUT2D eigenvalue weighted by Crippen LogP contribution is -2.18. The maximum absolute atomic E-state index is 12.1. The molecule has 0 aromatic rings. The maximum atomic E-state index is 12.1. The van der Waals surface area contributed by atoms with Crippen LogP contribution in [0.2, 0.25) is 0 Å². The smallest absolute Gasteiger partial charge is 0.306 e. The first-order chi connectivity index (χ1) is 15.1. The summed E-state index contributed by atoms with van der Waals surface area (Å²) in [6, 6.07) is 0. The minimum Gasteiger partial charge on any atom is -0.462 e. The molecule has 0 aromatic carbocycles. The van der Waals surface area contributed by atoms with Gasteiger partial charge >= 0.3 is 11.9 Å². The molecular weight excluding hydrogens is 388 g/mol. The predicted molar refractivity (Wildman–Crippen MR) is 130 cm³/mol. The Balaban J connectivity index is 3.76. The third-order valence-electron chi connectivity index (χ3n) is 5.86. The normalized spacial score (nSPS) is 12.2. The Morgan fingerprint density at radius 1 is 0.484 bits per heavy atom. The van der Waals surface area contributed by atoms with Crippen molar-refractivity contribution in [1.29, 1.82) is 0 Å². The van der Waals surface area contributed by atoms with Crippen molar-refractivity contribution in [2.45, 2.75) is 162 Å². The average Bonchev–Trinajstić information content (AvgIpc) is 2.75. The van der Waals surface area contributed by atoms with Crippen LogP contribution in [0.25, 0.3) is 0 Å². The van der Waals surface area contributed by atoms with Gasteiger partial charge in [0.05, 0.1) is 0 Å². The number of hydrogen-bond donors (Lipinski definition) is 0. The number of carbonyl (C=O) groups excluding carboxylic acids is 2. The van der Waals surface area contributed by atoms with E-state index in [9.17, 15) is 9.59 Å². The van der Waals surface area contributed by atoms with Crippen LogP contribution in [0, 0.1) is 0 Å². The number of unbranched alkanes of at least 4 members (excludes halogenated alkanes) is 8. The first-order valence-corrected chi connectivity index (χ1v) is 13.5. The van der Waals surface area contributed by atoms with Crippen LogP contribution in [-0.2, 0) is 19.1 Å². The number of esters is 2. The second-order valence-corrected chi connectivity index (χ2v) is 9.06. The van der Waals surface area contributed by atoms with E-state index in [1.165, 1.54) is 0 Å². The van der Waals surface area contributed by atoms with Gasteiger partial charge in [0, 0.05) is 12.8 Å². The lowest BCUT2D eigenvalue weighted by atomic mass is 10.1. The van der Waals surface area contributed by atoms with E-state index in [1.807, 2.05) is 0 Å². The third kappa shape index (κ3) is 19.4. The highest BCUT2D eigenvalue weighted by Gasteiger charge is 2.14. The monoisotopic (exact) mass is 440 g/mol. The number of hydrogen-bond acceptors (Lipinski definition) is 4. The van der Waals surface area contributed by atoms with E-state index < -0.39 is 0 Å². The lowest BCUT2D eigenvalue weighted by Gasteiger charge is -2.17. The predicted octanol–water partition coefficient (Wildman–Crippen LogP) is 8.30. The fourth-order valence-corrected chi connectivity index (χ4v) is 3.88. The van der Waals surface area contributed by atoms with Crippen molar-refractivity contribution in [3.05, 3.63) is 0 Å². The van der Waals surface area contributed by atoms with Gasteiger partial charge in [-0.15, -0.1) is 0 Å². The highest BCUT2D eigenvalue weighted by molar-refractivity contribution is 5.69. The first-order valence-electron chi connectivity index (χ1n) is 13.5. The second kappa shape index (κ2) is 22.1. The van der Waals surface area contributed by atoms with Crippen LogP contribution >= 0.6 is 0 Å². The molecule has 0 fully saturated rings. The van der Waals surface area contributed by atoms with E-state index in [2.05, 4.69) is 27.7 Å². The highest BCUT2D eigenvalue weighted by atomic mass is 16.5. The fraction of sp³-hybridized carbons (Fsp3) is 0.926. The molecule has 4 nitrogen and oxygen atoms in total. The van der Waals surface area contributed by atoms with Crippen LogP contribution in [0.1, 0.15) is 150 Å². The average molecular weight is 441 g/mol. The van der Waals surface area contributed by atoms with Crippen molar-refractivity contribution < 1.29 is 19.1 Å². The summed E-state index contributed by atoms with van der Waals surface area (Å²) < 4.78 is 11.4. The van der Waals surface area contributed by atoms with Crippen molar-refractivity contribution in [2.75, 3.05) is 0 Å². The topological polar surface area (TPSA) is 52.6 Å². The third-order valence-corrected chi connectivity index (χ3v) is 5.86. The van der Waals surface area contributed by atoms with Gasteiger partial charge in [-0.05, 0) is 38.5 Å². The van der Waals surface area contributed by atoms with E-state index in [4.69, 9.17) is 9.47 Å². The molecule has 0 aliphatic carbocycles. The van der Waals surface area contributed by atoms with Crippen LogP contribution in [0.3, 0.4) is 0 Å². The van der Waals surface area contributed by atoms with Crippen LogP contribution in [0.15, 0.2) is 0 Å². The Hall–Kier alpha value is -1.06. The first kappa shape index (κ1) is 29.9. The molecular formula is C27H52O4. The van der Waals surface area contributed by atoms with Crippen molar-refractivity contribution in [3.8, 4) is 0 Å². The van der Waals surface area contributed by atoms with E-state index in [1.54, 1.807) is 0 Å². The molecule has 0 aliphatic rings. The SMILES string of the molecule is CCCCC(CCC)OC(=O)CCCCCCCCC(=O)OC(CCCC)CCCC. The Morgan fingerprint density at radius 2 is 0.839 bits per heavy atom. The summed E-state index contributed by atoms with van der Waals surface area (Å²) in [5.74, 6) is -0.0531. The van der Waals surface area contributed by atoms with Crippen molar-refractivity contribution in [3.63, 3.8) is 0 Å². The van der Waals surface area contributed by atoms with Gasteiger partial charge in [-0.25, -0.2) is 0 Å². The fourth-order valence-electron chi connectivity index (χ4n) is 3.88. The van der Waals surface area contributed by atoms with Gasteiger partial charge in [0.2, 0.25) is 0 Å². The van der Waals surface area contributed by atoms with Crippen molar-refractivity contribution in [1.82, 2.24) is 0 Å². The number of carbonyl (C=O) groups is 2. The van der Waals surface area contributed by atoms with Gasteiger partial charge in [-0.1, -0.05) is 98.3 Å². The van der Waals surface area contributed by atoms with E-state index >= 15 is 0 Å². The zero-order chi connectivity index (χ0) is 23.2. The molecule has 0 N–H and O–H groups in total. The van der Waals surface area contributed by atoms with Gasteiger partial charge in [0.25, 0.3) is 0 Å². The maximum Gasteiger partial charge on any atom is 0.306 e. The largest absolute Gasteiger partial charge is 0.462 e. The summed E-state index contributed by atoms with van der Waals surface area (Å²) in [6.45, 7) is 8.67. The molecule has 1 atom stereocenters. The van der Waals surface area contributed by atoms with Crippen molar-refractivity contribution >= 4 is 11.9 Å². The summed E-state index contributed by atoms with van der Waals surface area (Å²) in [4.78, 5) is 24.2. The molecule has 0 radical (unpaired) electrons. The summed E-state index contributed by atoms with van der Waals surface area (Å²) in [5.41, 5.74) is 0. The lowest BCUT2D eigenvalue weighted by molar-refractivity contribution is -0.151. The van der Waals surface area contributed by atoms with E-state index in [0.717, 1.165) is 109 Å². The second-order valence-electron chi connectivity index (χ2n) is 9.06. The molecule has 0 saturated heterocycles. The molecule has 0 saturated carbocycles. The quantitative estimate of drug-likeness (QED) is 0.125. The van der Waals surface area contributed by atoms with Gasteiger partial charge in [-0.3, -0.25) is 9.59 Å². The number of ether oxygens (including phenoxy) is 2. The summed E-state index contributed by atoms with van der Waals surface area (Å²) in [7, 11) is 0. The zero-order valence-corrected chi connectivity index (χ0v) is 21.2. The van der Waals surface area contributed by atoms with Crippen molar-refractivity contribution in [2.24, 2.45) is 0 Å². The standard InChI is InChI=1S/C27H52O4/c1-5-9-19-24(18-8-4)30-26(28)22-16-14-12-13-15-17-23-27(29)31-25(20-10-6-2)21-11-7-3/h24-25H,5-23H2,1-4H3. The summed E-state index contributed by atoms with van der Waals surface area (Å²) in [5, 5.41) is 0. The Morgan fingerprint density at radius 3 is 1.19 bits per heavy atom. The van der Waals surface area contributed by atoms with E-state index in [0.29, 0.717) is 12.8 Å². The van der Waals surface area contributed by atoms with E-state index in [-0.39, 0.29) is 24.1 Å². The minimum absolute atomic E-state index is 0.0235. The van der Waals surface area contributed by atoms with Gasteiger partial charge in [-0.2, -0.15) is 0 Å². The summed E-state index contributed by atoms with van der Waals surface area (Å²) in [6.07, 6.45) is 19.4. The van der Waals surface area contributed by atoms with Crippen LogP contribution in [-0.4, -0.2) is 24.1 Å².